The molecule has 0 saturated heterocycles. The molecule has 0 aromatic rings. The third kappa shape index (κ3) is 16.2. The molecule has 0 aliphatic carbocycles. The second-order valence-electron chi connectivity index (χ2n) is 3.64. The van der Waals surface area contributed by atoms with Crippen LogP contribution in [-0.4, -0.2) is 65.1 Å². The van der Waals surface area contributed by atoms with Gasteiger partial charge in [-0.25, -0.2) is 0 Å². The summed E-state index contributed by atoms with van der Waals surface area (Å²) in [6, 6.07) is 0. The molecule has 4 N–H and O–H groups in total. The first-order chi connectivity index (χ1) is 7.01. The molecule has 0 aromatic carbocycles. The molecule has 0 fully saturated rings. The maximum Gasteiger partial charge on any atom is 0.0815 e. The first-order valence-corrected chi connectivity index (χ1v) is 5.12. The van der Waals surface area contributed by atoms with Gasteiger partial charge in [0.1, 0.15) is 0 Å². The summed E-state index contributed by atoms with van der Waals surface area (Å²) < 4.78 is 9.82. The minimum Gasteiger partial charge on any atom is -0.380 e. The Morgan fingerprint density at radius 2 is 1.50 bits per heavy atom. The average Bonchev–Trinajstić information content (AvgIpc) is 2.20. The van der Waals surface area contributed by atoms with Crippen LogP contribution >= 0.6 is 0 Å². The second-order valence-corrected chi connectivity index (χ2v) is 3.64. The van der Waals surface area contributed by atoms with Crippen molar-refractivity contribution in [3.05, 3.63) is 0 Å². The van der Waals surface area contributed by atoms with Gasteiger partial charge in [0.2, 0.25) is 0 Å². The van der Waals surface area contributed by atoms with Gasteiger partial charge in [-0.05, 0) is 21.0 Å². The van der Waals surface area contributed by atoms with Gasteiger partial charge in [-0.1, -0.05) is 7.43 Å². The van der Waals surface area contributed by atoms with Crippen molar-refractivity contribution < 1.29 is 9.47 Å². The maximum atomic E-state index is 5.19. The van der Waals surface area contributed by atoms with E-state index in [2.05, 4.69) is 11.8 Å². The van der Waals surface area contributed by atoms with E-state index in [0.29, 0.717) is 19.2 Å². The van der Waals surface area contributed by atoms with Crippen LogP contribution in [0.1, 0.15) is 14.4 Å². The highest BCUT2D eigenvalue weighted by Gasteiger charge is 1.98. The first-order valence-electron chi connectivity index (χ1n) is 5.12. The first kappa shape index (κ1) is 21.1. The number of likely N-dealkylation sites (N-methyl/N-ethyl adjacent to an activating group) is 1. The topological polar surface area (TPSA) is 73.7 Å². The minimum atomic E-state index is 0. The fourth-order valence-electron chi connectivity index (χ4n) is 0.877. The summed E-state index contributed by atoms with van der Waals surface area (Å²) in [6.07, 6.45) is 0.394. The van der Waals surface area contributed by atoms with Crippen LogP contribution in [-0.2, 0) is 9.47 Å². The van der Waals surface area contributed by atoms with Crippen LogP contribution in [0, 0.1) is 0 Å². The zero-order valence-electron chi connectivity index (χ0n) is 10.7. The second kappa shape index (κ2) is 14.8. The van der Waals surface area contributed by atoms with Gasteiger partial charge < -0.3 is 25.8 Å². The third-order valence-corrected chi connectivity index (χ3v) is 1.88. The third-order valence-electron chi connectivity index (χ3n) is 1.88. The molecule has 16 heavy (non-hydrogen) atoms. The van der Waals surface area contributed by atoms with Crippen LogP contribution in [0.3, 0.4) is 0 Å². The highest BCUT2D eigenvalue weighted by atomic mass is 16.5. The molecule has 0 spiro atoms. The number of rotatable bonds is 6. The molecule has 0 radical (unpaired) electrons. The van der Waals surface area contributed by atoms with Gasteiger partial charge in [-0.3, -0.25) is 0 Å². The van der Waals surface area contributed by atoms with Crippen molar-refractivity contribution >= 4 is 0 Å². The largest absolute Gasteiger partial charge is 0.380 e. The number of nitrogens with two attached hydrogens (primary N) is 2. The van der Waals surface area contributed by atoms with Crippen LogP contribution in [0.25, 0.3) is 0 Å². The minimum absolute atomic E-state index is 0. The molecule has 0 aliphatic rings. The summed E-state index contributed by atoms with van der Waals surface area (Å²) >= 11 is 0. The monoisotopic (exact) mass is 237 g/mol. The summed E-state index contributed by atoms with van der Waals surface area (Å²) in [5.74, 6) is 0. The quantitative estimate of drug-likeness (QED) is 0.687. The molecule has 0 heterocycles. The van der Waals surface area contributed by atoms with Crippen molar-refractivity contribution in [3.63, 3.8) is 0 Å². The predicted octanol–water partition coefficient (Wildman–Crippen LogP) is 0.138. The lowest BCUT2D eigenvalue weighted by Gasteiger charge is -2.14. The fraction of sp³-hybridized carbons (Fsp3) is 1.00. The Labute approximate surface area is 101 Å². The number of hydrogen-bond donors (Lipinski definition) is 2. The molecule has 102 valence electrons. The molecule has 1 atom stereocenters. The lowest BCUT2D eigenvalue weighted by Crippen LogP contribution is -2.30. The molecular formula is C11H31N3O2. The highest BCUT2D eigenvalue weighted by molar-refractivity contribution is 4.55. The lowest BCUT2D eigenvalue weighted by molar-refractivity contribution is 0.0929. The summed E-state index contributed by atoms with van der Waals surface area (Å²) in [5.41, 5.74) is 10.4. The normalized spacial score (nSPS) is 11.8. The lowest BCUT2D eigenvalue weighted by atomic mass is 10.4. The van der Waals surface area contributed by atoms with Crippen LogP contribution in [0.2, 0.25) is 0 Å². The molecule has 0 amide bonds. The molecule has 0 rings (SSSR count). The Morgan fingerprint density at radius 3 is 1.56 bits per heavy atom. The smallest absolute Gasteiger partial charge is 0.0815 e. The number of nitrogens with zero attached hydrogens (tertiary/aromatic N) is 1. The van der Waals surface area contributed by atoms with Gasteiger partial charge in [0, 0.05) is 33.9 Å². The van der Waals surface area contributed by atoms with Gasteiger partial charge in [0.15, 0.2) is 0 Å². The van der Waals surface area contributed by atoms with E-state index < -0.39 is 0 Å². The van der Waals surface area contributed by atoms with Gasteiger partial charge in [-0.15, -0.1) is 0 Å². The Bertz CT molecular complexity index is 114. The molecule has 0 aliphatic heterocycles. The predicted molar refractivity (Wildman–Crippen MR) is 70.7 cm³/mol. The number of methoxy groups -OCH3 is 2. The van der Waals surface area contributed by atoms with Gasteiger partial charge in [-0.2, -0.15) is 0 Å². The average molecular weight is 237 g/mol. The SMILES string of the molecule is C.COC(C)CN(C)C.COC(CN)CN. The van der Waals surface area contributed by atoms with E-state index >= 15 is 0 Å². The van der Waals surface area contributed by atoms with E-state index in [1.165, 1.54) is 0 Å². The van der Waals surface area contributed by atoms with Crippen molar-refractivity contribution in [1.82, 2.24) is 4.90 Å². The van der Waals surface area contributed by atoms with Gasteiger partial charge >= 0.3 is 0 Å². The molecule has 1 unspecified atom stereocenters. The van der Waals surface area contributed by atoms with Crippen molar-refractivity contribution in [1.29, 1.82) is 0 Å². The van der Waals surface area contributed by atoms with E-state index in [9.17, 15) is 0 Å². The summed E-state index contributed by atoms with van der Waals surface area (Å²) in [4.78, 5) is 2.11. The Balaban J connectivity index is -0.000000200. The van der Waals surface area contributed by atoms with Crippen molar-refractivity contribution in [3.8, 4) is 0 Å². The molecular weight excluding hydrogens is 206 g/mol. The molecule has 0 aromatic heterocycles. The zero-order chi connectivity index (χ0) is 12.3. The van der Waals surface area contributed by atoms with Crippen LogP contribution in [0.5, 0.6) is 0 Å². The van der Waals surface area contributed by atoms with Crippen LogP contribution in [0.15, 0.2) is 0 Å². The molecule has 5 nitrogen and oxygen atoms in total. The van der Waals surface area contributed by atoms with E-state index in [4.69, 9.17) is 20.9 Å². The van der Waals surface area contributed by atoms with Gasteiger partial charge in [0.25, 0.3) is 0 Å². The van der Waals surface area contributed by atoms with E-state index in [0.717, 1.165) is 6.54 Å². The summed E-state index contributed by atoms with van der Waals surface area (Å²) in [5, 5.41) is 0. The molecule has 0 saturated carbocycles. The standard InChI is InChI=1S/C6H15NO.C4H12N2O.CH4/c1-6(8-4)5-7(2)3;1-7-4(2-5)3-6;/h6H,5H2,1-4H3;4H,2-3,5-6H2,1H3;1H4. The fourth-order valence-corrected chi connectivity index (χ4v) is 0.877. The molecule has 5 heteroatoms. The summed E-state index contributed by atoms with van der Waals surface area (Å²) in [6.45, 7) is 4.07. The zero-order valence-corrected chi connectivity index (χ0v) is 10.7. The van der Waals surface area contributed by atoms with Crippen molar-refractivity contribution in [2.45, 2.75) is 26.6 Å². The van der Waals surface area contributed by atoms with Gasteiger partial charge in [0.05, 0.1) is 12.2 Å². The van der Waals surface area contributed by atoms with E-state index in [1.807, 2.05) is 14.1 Å². The Hall–Kier alpha value is -0.200. The van der Waals surface area contributed by atoms with E-state index in [-0.39, 0.29) is 13.5 Å². The number of hydrogen-bond acceptors (Lipinski definition) is 5. The van der Waals surface area contributed by atoms with Crippen LogP contribution in [0.4, 0.5) is 0 Å². The Kier molecular flexibility index (Phi) is 19.5. The van der Waals surface area contributed by atoms with E-state index in [1.54, 1.807) is 14.2 Å². The number of ether oxygens (including phenoxy) is 2. The summed E-state index contributed by atoms with van der Waals surface area (Å²) in [7, 11) is 7.41. The highest BCUT2D eigenvalue weighted by Crippen LogP contribution is 1.87. The Morgan fingerprint density at radius 1 is 1.06 bits per heavy atom. The van der Waals surface area contributed by atoms with Crippen molar-refractivity contribution in [2.75, 3.05) is 47.9 Å². The molecule has 0 bridgehead atoms. The van der Waals surface area contributed by atoms with Crippen LogP contribution < -0.4 is 11.5 Å². The van der Waals surface area contributed by atoms with Crippen molar-refractivity contribution in [2.24, 2.45) is 11.5 Å². The maximum absolute atomic E-state index is 5.19.